The van der Waals surface area contributed by atoms with Crippen LogP contribution < -0.4 is 5.32 Å². The Morgan fingerprint density at radius 2 is 1.59 bits per heavy atom. The van der Waals surface area contributed by atoms with Crippen LogP contribution in [0, 0.1) is 11.3 Å². The molecule has 0 rings (SSSR count). The average Bonchev–Trinajstić information content (AvgIpc) is 2.31. The normalized spacial score (nSPS) is 13.4. The molecule has 7 nitrogen and oxygen atoms in total. The van der Waals surface area contributed by atoms with E-state index >= 15 is 0 Å². The van der Waals surface area contributed by atoms with E-state index in [1.807, 2.05) is 20.8 Å². The molecule has 0 aromatic carbocycles. The lowest BCUT2D eigenvalue weighted by Crippen LogP contribution is -2.41. The monoisotopic (exact) mass is 317 g/mol. The quantitative estimate of drug-likeness (QED) is 0.542. The fraction of sp³-hybridized carbons (Fsp3) is 0.800. The van der Waals surface area contributed by atoms with Crippen molar-refractivity contribution in [2.45, 2.75) is 53.5 Å². The first-order valence-electron chi connectivity index (χ1n) is 7.13. The van der Waals surface area contributed by atoms with Gasteiger partial charge in [0.2, 0.25) is 6.79 Å². The highest BCUT2D eigenvalue weighted by Gasteiger charge is 2.26. The zero-order valence-corrected chi connectivity index (χ0v) is 14.2. The van der Waals surface area contributed by atoms with E-state index in [-0.39, 0.29) is 18.5 Å². The van der Waals surface area contributed by atoms with Crippen molar-refractivity contribution in [1.82, 2.24) is 5.32 Å². The van der Waals surface area contributed by atoms with Crippen LogP contribution in [-0.2, 0) is 23.9 Å². The molecule has 0 spiro atoms. The second kappa shape index (κ2) is 8.12. The Morgan fingerprint density at radius 3 is 2.00 bits per heavy atom. The molecule has 0 saturated heterocycles. The van der Waals surface area contributed by atoms with Gasteiger partial charge in [0.15, 0.2) is 0 Å². The molecule has 0 heterocycles. The molecule has 1 atom stereocenters. The second-order valence-corrected chi connectivity index (χ2v) is 7.19. The van der Waals surface area contributed by atoms with Gasteiger partial charge in [0.25, 0.3) is 0 Å². The van der Waals surface area contributed by atoms with E-state index in [1.54, 1.807) is 20.8 Å². The highest BCUT2D eigenvalue weighted by Crippen LogP contribution is 2.15. The van der Waals surface area contributed by atoms with Gasteiger partial charge in [-0.05, 0) is 41.5 Å². The molecule has 0 aliphatic rings. The summed E-state index contributed by atoms with van der Waals surface area (Å²) >= 11 is 0. The number of aliphatic carboxylic acids is 1. The summed E-state index contributed by atoms with van der Waals surface area (Å²) in [6.45, 7) is 10.4. The van der Waals surface area contributed by atoms with Crippen LogP contribution in [0.2, 0.25) is 0 Å². The Kier molecular flexibility index (Phi) is 7.52. The van der Waals surface area contributed by atoms with Crippen molar-refractivity contribution in [1.29, 1.82) is 0 Å². The highest BCUT2D eigenvalue weighted by atomic mass is 16.7. The van der Waals surface area contributed by atoms with Crippen LogP contribution in [0.3, 0.4) is 0 Å². The number of hydrogen-bond donors (Lipinski definition) is 2. The molecule has 0 aromatic heterocycles. The number of nitrogens with one attached hydrogen (secondary N) is 1. The number of carboxylic acid groups (broad SMARTS) is 1. The number of hydrogen-bond acceptors (Lipinski definition) is 6. The molecule has 22 heavy (non-hydrogen) atoms. The molecule has 0 aromatic rings. The lowest BCUT2D eigenvalue weighted by atomic mass is 9.98. The minimum atomic E-state index is -1.08. The second-order valence-electron chi connectivity index (χ2n) is 7.19. The first-order valence-corrected chi connectivity index (χ1v) is 7.13. The Labute approximate surface area is 131 Å². The average molecular weight is 317 g/mol. The third-order valence-corrected chi connectivity index (χ3v) is 2.66. The molecule has 0 aliphatic heterocycles. The van der Waals surface area contributed by atoms with Crippen LogP contribution in [0.15, 0.2) is 0 Å². The summed E-state index contributed by atoms with van der Waals surface area (Å²) in [6.07, 6.45) is -0.286. The molecule has 2 N–H and O–H groups in total. The van der Waals surface area contributed by atoms with Crippen molar-refractivity contribution in [2.75, 3.05) is 13.3 Å². The zero-order chi connectivity index (χ0) is 17.6. The number of carboxylic acids is 1. The van der Waals surface area contributed by atoms with Crippen LogP contribution >= 0.6 is 0 Å². The van der Waals surface area contributed by atoms with E-state index in [9.17, 15) is 14.4 Å². The number of carbonyl (C=O) groups is 3. The van der Waals surface area contributed by atoms with Gasteiger partial charge in [-0.2, -0.15) is 0 Å². The van der Waals surface area contributed by atoms with Gasteiger partial charge < -0.3 is 19.9 Å². The molecule has 0 aliphatic carbocycles. The van der Waals surface area contributed by atoms with Gasteiger partial charge in [-0.25, -0.2) is 0 Å². The first-order chi connectivity index (χ1) is 9.83. The summed E-state index contributed by atoms with van der Waals surface area (Å²) in [7, 11) is 0. The molecule has 0 amide bonds. The summed E-state index contributed by atoms with van der Waals surface area (Å²) < 4.78 is 9.54. The van der Waals surface area contributed by atoms with Crippen molar-refractivity contribution >= 4 is 17.9 Å². The van der Waals surface area contributed by atoms with Crippen LogP contribution in [0.1, 0.15) is 48.0 Å². The molecule has 0 radical (unpaired) electrons. The summed E-state index contributed by atoms with van der Waals surface area (Å²) in [6, 6.07) is 0. The molecule has 0 fully saturated rings. The molecule has 1 unspecified atom stereocenters. The van der Waals surface area contributed by atoms with E-state index in [0.29, 0.717) is 0 Å². The van der Waals surface area contributed by atoms with Crippen LogP contribution in [0.25, 0.3) is 0 Å². The van der Waals surface area contributed by atoms with Crippen molar-refractivity contribution in [3.8, 4) is 0 Å². The fourth-order valence-corrected chi connectivity index (χ4v) is 1.30. The van der Waals surface area contributed by atoms with Crippen LogP contribution in [-0.4, -0.2) is 41.9 Å². The van der Waals surface area contributed by atoms with Gasteiger partial charge in [0.05, 0.1) is 17.8 Å². The number of rotatable bonds is 7. The first kappa shape index (κ1) is 20.4. The lowest BCUT2D eigenvalue weighted by molar-refractivity contribution is -0.174. The van der Waals surface area contributed by atoms with Gasteiger partial charge in [-0.3, -0.25) is 14.4 Å². The van der Waals surface area contributed by atoms with Gasteiger partial charge in [-0.15, -0.1) is 0 Å². The highest BCUT2D eigenvalue weighted by molar-refractivity contribution is 5.79. The predicted molar refractivity (Wildman–Crippen MR) is 80.0 cm³/mol. The van der Waals surface area contributed by atoms with Crippen molar-refractivity contribution < 1.29 is 29.0 Å². The van der Waals surface area contributed by atoms with Gasteiger partial charge >= 0.3 is 17.9 Å². The summed E-state index contributed by atoms with van der Waals surface area (Å²) in [5.74, 6) is -3.19. The standard InChI is InChI=1S/C15H27NO6/c1-14(2,3)13(20)22-9-21-11(17)7-10(12(18)19)8-16-15(4,5)6/h10,16H,7-9H2,1-6H3,(H,18,19). The Balaban J connectivity index is 4.25. The Morgan fingerprint density at radius 1 is 1.05 bits per heavy atom. The maximum Gasteiger partial charge on any atom is 0.314 e. The summed E-state index contributed by atoms with van der Waals surface area (Å²) in [4.78, 5) is 34.2. The van der Waals surface area contributed by atoms with Gasteiger partial charge in [-0.1, -0.05) is 0 Å². The maximum absolute atomic E-state index is 11.6. The van der Waals surface area contributed by atoms with Gasteiger partial charge in [0, 0.05) is 12.1 Å². The SMILES string of the molecule is CC(C)(C)NCC(CC(=O)OCOC(=O)C(C)(C)C)C(=O)O. The van der Waals surface area contributed by atoms with Crippen LogP contribution in [0.5, 0.6) is 0 Å². The van der Waals surface area contributed by atoms with E-state index in [0.717, 1.165) is 0 Å². The topological polar surface area (TPSA) is 102 Å². The molecule has 0 bridgehead atoms. The minimum absolute atomic E-state index is 0.149. The third kappa shape index (κ3) is 9.33. The number of ether oxygens (including phenoxy) is 2. The molecule has 7 heteroatoms. The van der Waals surface area contributed by atoms with E-state index in [2.05, 4.69) is 5.32 Å². The molecule has 128 valence electrons. The van der Waals surface area contributed by atoms with E-state index in [1.165, 1.54) is 0 Å². The lowest BCUT2D eigenvalue weighted by Gasteiger charge is -2.23. The molecular weight excluding hydrogens is 290 g/mol. The summed E-state index contributed by atoms with van der Waals surface area (Å²) in [5.41, 5.74) is -0.938. The molecular formula is C15H27NO6. The van der Waals surface area contributed by atoms with Crippen molar-refractivity contribution in [2.24, 2.45) is 11.3 Å². The molecule has 0 saturated carbocycles. The maximum atomic E-state index is 11.6. The smallest absolute Gasteiger partial charge is 0.314 e. The third-order valence-electron chi connectivity index (χ3n) is 2.66. The predicted octanol–water partition coefficient (Wildman–Crippen LogP) is 1.56. The van der Waals surface area contributed by atoms with Crippen LogP contribution in [0.4, 0.5) is 0 Å². The van der Waals surface area contributed by atoms with E-state index in [4.69, 9.17) is 14.6 Å². The van der Waals surface area contributed by atoms with Gasteiger partial charge in [0.1, 0.15) is 0 Å². The minimum Gasteiger partial charge on any atom is -0.481 e. The number of esters is 2. The van der Waals surface area contributed by atoms with Crippen molar-refractivity contribution in [3.05, 3.63) is 0 Å². The fourth-order valence-electron chi connectivity index (χ4n) is 1.30. The number of carbonyl (C=O) groups excluding carboxylic acids is 2. The van der Waals surface area contributed by atoms with E-state index < -0.39 is 36.0 Å². The Hall–Kier alpha value is -1.63. The zero-order valence-electron chi connectivity index (χ0n) is 14.2. The summed E-state index contributed by atoms with van der Waals surface area (Å²) in [5, 5.41) is 12.1. The Bertz CT molecular complexity index is 405. The largest absolute Gasteiger partial charge is 0.481 e. The van der Waals surface area contributed by atoms with Crippen molar-refractivity contribution in [3.63, 3.8) is 0 Å².